The van der Waals surface area contributed by atoms with Gasteiger partial charge in [0.15, 0.2) is 0 Å². The van der Waals surface area contributed by atoms with Crippen molar-refractivity contribution in [1.82, 2.24) is 0 Å². The Balaban J connectivity index is 1.32. The van der Waals surface area contributed by atoms with Crippen LogP contribution in [0.3, 0.4) is 0 Å². The fourth-order valence-corrected chi connectivity index (χ4v) is 7.78. The molecular weight excluding hydrogens is 564 g/mol. The Labute approximate surface area is 269 Å². The van der Waals surface area contributed by atoms with Gasteiger partial charge in [-0.25, -0.2) is 0 Å². The van der Waals surface area contributed by atoms with Crippen LogP contribution in [0.15, 0.2) is 133 Å². The zero-order valence-electron chi connectivity index (χ0n) is 25.8. The molecule has 6 aromatic carbocycles. The zero-order chi connectivity index (χ0) is 31.4. The van der Waals surface area contributed by atoms with E-state index in [4.69, 9.17) is 0 Å². The van der Waals surface area contributed by atoms with E-state index in [1.54, 1.807) is 0 Å². The van der Waals surface area contributed by atoms with Crippen LogP contribution in [0.4, 0.5) is 11.4 Å². The average Bonchev–Trinajstić information content (AvgIpc) is 3.06. The van der Waals surface area contributed by atoms with E-state index in [1.807, 2.05) is 62.4 Å². The Morgan fingerprint density at radius 2 is 0.891 bits per heavy atom. The van der Waals surface area contributed by atoms with E-state index in [0.29, 0.717) is 0 Å². The van der Waals surface area contributed by atoms with E-state index in [0.717, 1.165) is 61.3 Å². The fraction of sp³-hybridized carbons (Fsp3) is 0.143. The standard InChI is InChI=1S/C42H34N2O2/c1-25-23-30-19-21-34(25)43-41(45)39-37(28-11-5-3-6-12-28)38(29-13-7-4-8-14-29)40(39)42(46)44-35-22-20-31(24-26(35)2)33-18-10-16-27-15-9-17-32(30)36(27)33/h3-24,37-40H,1-2H3,(H,43,45)(H,44,46)/t37-,38+,39+,40-. The smallest absolute Gasteiger partial charge is 0.228 e. The van der Waals surface area contributed by atoms with E-state index in [2.05, 4.69) is 95.6 Å². The van der Waals surface area contributed by atoms with Gasteiger partial charge in [-0.05, 0) is 93.4 Å². The predicted octanol–water partition coefficient (Wildman–Crippen LogP) is 9.49. The summed E-state index contributed by atoms with van der Waals surface area (Å²) >= 11 is 0. The lowest BCUT2D eigenvalue weighted by Crippen LogP contribution is -2.54. The van der Waals surface area contributed by atoms with Crippen LogP contribution in [0.2, 0.25) is 0 Å². The molecule has 2 amide bonds. The van der Waals surface area contributed by atoms with Crippen LogP contribution < -0.4 is 10.6 Å². The fourth-order valence-electron chi connectivity index (χ4n) is 7.78. The third-order valence-corrected chi connectivity index (χ3v) is 10.0. The molecule has 4 heteroatoms. The summed E-state index contributed by atoms with van der Waals surface area (Å²) in [5.41, 5.74) is 10.1. The molecule has 0 radical (unpaired) electrons. The summed E-state index contributed by atoms with van der Waals surface area (Å²) in [6.45, 7) is 4.07. The van der Waals surface area contributed by atoms with Gasteiger partial charge in [0.1, 0.15) is 0 Å². The maximum Gasteiger partial charge on any atom is 0.228 e. The number of benzene rings is 6. The largest absolute Gasteiger partial charge is 0.326 e. The summed E-state index contributed by atoms with van der Waals surface area (Å²) in [6, 6.07) is 45.6. The second kappa shape index (κ2) is 11.1. The third-order valence-electron chi connectivity index (χ3n) is 10.0. The number of nitrogens with one attached hydrogen (secondary N) is 2. The van der Waals surface area contributed by atoms with Gasteiger partial charge in [-0.15, -0.1) is 0 Å². The molecule has 224 valence electrons. The number of rotatable bonds is 2. The highest BCUT2D eigenvalue weighted by Gasteiger charge is 2.58. The van der Waals surface area contributed by atoms with E-state index >= 15 is 0 Å². The second-order valence-corrected chi connectivity index (χ2v) is 12.7. The van der Waals surface area contributed by atoms with Crippen molar-refractivity contribution in [2.45, 2.75) is 25.7 Å². The van der Waals surface area contributed by atoms with Crippen molar-refractivity contribution in [3.8, 4) is 22.3 Å². The van der Waals surface area contributed by atoms with Gasteiger partial charge in [0.05, 0.1) is 11.8 Å². The van der Waals surface area contributed by atoms with Crippen LogP contribution in [0, 0.1) is 25.7 Å². The van der Waals surface area contributed by atoms with Crippen LogP contribution in [0.5, 0.6) is 0 Å². The molecule has 6 aromatic rings. The Kier molecular flexibility index (Phi) is 6.79. The molecule has 0 saturated heterocycles. The van der Waals surface area contributed by atoms with Gasteiger partial charge in [-0.3, -0.25) is 9.59 Å². The molecule has 4 nitrogen and oxygen atoms in total. The number of hydrogen-bond acceptors (Lipinski definition) is 2. The SMILES string of the molecule is Cc1cc2ccc1NC(=O)[C@@H]1[C@H](C(=O)Nc3ccc(cc3C)-c3cccc4cccc-2c34)[C@@H](c2ccccc2)[C@H]1c1ccccc1. The summed E-state index contributed by atoms with van der Waals surface area (Å²) in [5, 5.41) is 8.84. The first-order valence-electron chi connectivity index (χ1n) is 15.9. The lowest BCUT2D eigenvalue weighted by molar-refractivity contribution is -0.138. The number of aryl methyl sites for hydroxylation is 2. The van der Waals surface area contributed by atoms with Crippen molar-refractivity contribution >= 4 is 34.0 Å². The van der Waals surface area contributed by atoms with E-state index in [1.165, 1.54) is 5.39 Å². The lowest BCUT2D eigenvalue weighted by atomic mass is 9.52. The highest BCUT2D eigenvalue weighted by Crippen LogP contribution is 2.58. The van der Waals surface area contributed by atoms with Gasteiger partial charge in [-0.2, -0.15) is 0 Å². The van der Waals surface area contributed by atoms with Crippen LogP contribution in [-0.4, -0.2) is 11.8 Å². The molecule has 46 heavy (non-hydrogen) atoms. The molecule has 0 aromatic heterocycles. The molecule has 4 heterocycles. The van der Waals surface area contributed by atoms with Crippen LogP contribution in [0.1, 0.15) is 34.1 Å². The summed E-state index contributed by atoms with van der Waals surface area (Å²) < 4.78 is 0. The normalized spacial score (nSPS) is 20.4. The third kappa shape index (κ3) is 4.60. The van der Waals surface area contributed by atoms with E-state index < -0.39 is 11.8 Å². The van der Waals surface area contributed by atoms with Gasteiger partial charge in [0, 0.05) is 23.2 Å². The lowest BCUT2D eigenvalue weighted by Gasteiger charge is -2.50. The quantitative estimate of drug-likeness (QED) is 0.209. The topological polar surface area (TPSA) is 58.2 Å². The molecule has 1 aliphatic carbocycles. The van der Waals surface area contributed by atoms with Gasteiger partial charge < -0.3 is 10.6 Å². The average molecular weight is 599 g/mol. The van der Waals surface area contributed by atoms with Gasteiger partial charge >= 0.3 is 0 Å². The highest BCUT2D eigenvalue weighted by molar-refractivity contribution is 6.08. The van der Waals surface area contributed by atoms with Crippen molar-refractivity contribution in [3.63, 3.8) is 0 Å². The Morgan fingerprint density at radius 1 is 0.457 bits per heavy atom. The van der Waals surface area contributed by atoms with Gasteiger partial charge in [0.25, 0.3) is 0 Å². The van der Waals surface area contributed by atoms with E-state index in [9.17, 15) is 9.59 Å². The molecule has 11 rings (SSSR count). The predicted molar refractivity (Wildman–Crippen MR) is 187 cm³/mol. The number of amides is 2. The minimum atomic E-state index is -0.556. The maximum atomic E-state index is 14.4. The molecule has 4 aliphatic heterocycles. The Hall–Kier alpha value is -5.48. The van der Waals surface area contributed by atoms with Crippen molar-refractivity contribution in [2.24, 2.45) is 11.8 Å². The van der Waals surface area contributed by atoms with Crippen LogP contribution >= 0.6 is 0 Å². The molecule has 5 aliphatic rings. The Morgan fingerprint density at radius 3 is 1.30 bits per heavy atom. The minimum absolute atomic E-state index is 0.138. The van der Waals surface area contributed by atoms with Crippen molar-refractivity contribution < 1.29 is 9.59 Å². The number of hydrogen-bond donors (Lipinski definition) is 2. The van der Waals surface area contributed by atoms with Gasteiger partial charge in [-0.1, -0.05) is 109 Å². The monoisotopic (exact) mass is 598 g/mol. The van der Waals surface area contributed by atoms with Crippen molar-refractivity contribution in [2.75, 3.05) is 10.6 Å². The van der Waals surface area contributed by atoms with Gasteiger partial charge in [0.2, 0.25) is 11.8 Å². The molecule has 4 bridgehead atoms. The first-order valence-corrected chi connectivity index (χ1v) is 15.9. The molecule has 4 atom stereocenters. The Bertz CT molecular complexity index is 1990. The summed E-state index contributed by atoms with van der Waals surface area (Å²) in [4.78, 5) is 28.8. The van der Waals surface area contributed by atoms with Crippen molar-refractivity contribution in [1.29, 1.82) is 0 Å². The first kappa shape index (κ1) is 28.0. The molecule has 0 spiro atoms. The first-order chi connectivity index (χ1) is 22.5. The molecule has 1 fully saturated rings. The highest BCUT2D eigenvalue weighted by atomic mass is 16.2. The van der Waals surface area contributed by atoms with E-state index in [-0.39, 0.29) is 23.7 Å². The van der Waals surface area contributed by atoms with Crippen LogP contribution in [0.25, 0.3) is 33.0 Å². The van der Waals surface area contributed by atoms with Crippen molar-refractivity contribution in [3.05, 3.63) is 156 Å². The zero-order valence-corrected chi connectivity index (χ0v) is 25.8. The molecule has 0 unspecified atom stereocenters. The summed E-state index contributed by atoms with van der Waals surface area (Å²) in [6.07, 6.45) is 0. The number of anilines is 2. The molecule has 2 N–H and O–H groups in total. The maximum absolute atomic E-state index is 14.4. The van der Waals surface area contributed by atoms with Crippen LogP contribution in [-0.2, 0) is 9.59 Å². The number of carbonyl (C=O) groups excluding carboxylic acids is 2. The molecule has 1 saturated carbocycles. The molecular formula is C42H34N2O2. The summed E-state index contributed by atoms with van der Waals surface area (Å²) in [5.74, 6) is -1.70. The second-order valence-electron chi connectivity index (χ2n) is 12.7. The minimum Gasteiger partial charge on any atom is -0.326 e. The summed E-state index contributed by atoms with van der Waals surface area (Å²) in [7, 11) is 0. The number of carbonyl (C=O) groups is 2.